The largest absolute Gasteiger partial charge is 0.325 e. The molecule has 0 radical (unpaired) electrons. The molecule has 1 aromatic carbocycles. The molecule has 0 aliphatic heterocycles. The van der Waals surface area contributed by atoms with Crippen molar-refractivity contribution in [2.24, 2.45) is 0 Å². The molecular formula is C14H18N2OS. The zero-order valence-electron chi connectivity index (χ0n) is 11.0. The molecule has 0 atom stereocenters. The molecule has 0 spiro atoms. The van der Waals surface area contributed by atoms with E-state index < -0.39 is 0 Å². The van der Waals surface area contributed by atoms with Crippen LogP contribution < -0.4 is 5.32 Å². The molecule has 0 saturated carbocycles. The monoisotopic (exact) mass is 262 g/mol. The zero-order valence-corrected chi connectivity index (χ0v) is 11.8. The predicted molar refractivity (Wildman–Crippen MR) is 76.7 cm³/mol. The van der Waals surface area contributed by atoms with Crippen molar-refractivity contribution in [2.75, 3.05) is 16.8 Å². The van der Waals surface area contributed by atoms with E-state index in [1.807, 2.05) is 30.3 Å². The van der Waals surface area contributed by atoms with E-state index >= 15 is 0 Å². The van der Waals surface area contributed by atoms with Gasteiger partial charge >= 0.3 is 0 Å². The van der Waals surface area contributed by atoms with Crippen molar-refractivity contribution in [1.29, 1.82) is 5.26 Å². The van der Waals surface area contributed by atoms with Gasteiger partial charge in [0, 0.05) is 5.69 Å². The van der Waals surface area contributed by atoms with Gasteiger partial charge in [0.1, 0.15) is 0 Å². The highest BCUT2D eigenvalue weighted by Crippen LogP contribution is 2.29. The van der Waals surface area contributed by atoms with Crippen LogP contribution in [0.3, 0.4) is 0 Å². The van der Waals surface area contributed by atoms with Gasteiger partial charge in [0.25, 0.3) is 0 Å². The molecule has 96 valence electrons. The number of carbonyl (C=O) groups is 1. The van der Waals surface area contributed by atoms with Crippen LogP contribution in [0.15, 0.2) is 24.3 Å². The first-order chi connectivity index (χ1) is 8.45. The third-order valence-corrected chi connectivity index (χ3v) is 3.21. The Morgan fingerprint density at radius 2 is 2.06 bits per heavy atom. The molecule has 0 aliphatic carbocycles. The number of thioether (sulfide) groups is 1. The number of hydrogen-bond donors (Lipinski definition) is 1. The molecule has 0 aliphatic rings. The van der Waals surface area contributed by atoms with Crippen molar-refractivity contribution in [3.05, 3.63) is 29.8 Å². The molecule has 0 bridgehead atoms. The second-order valence-electron chi connectivity index (χ2n) is 4.99. The minimum Gasteiger partial charge on any atom is -0.325 e. The summed E-state index contributed by atoms with van der Waals surface area (Å²) in [6.07, 6.45) is 0. The average molecular weight is 262 g/mol. The molecule has 1 amide bonds. The number of nitriles is 1. The first-order valence-corrected chi connectivity index (χ1v) is 6.94. The van der Waals surface area contributed by atoms with E-state index in [-0.39, 0.29) is 11.3 Å². The van der Waals surface area contributed by atoms with Crippen LogP contribution >= 0.6 is 11.8 Å². The molecule has 0 saturated heterocycles. The third kappa shape index (κ3) is 4.42. The number of amides is 1. The van der Waals surface area contributed by atoms with Gasteiger partial charge in [-0.05, 0) is 17.0 Å². The average Bonchev–Trinajstić information content (AvgIpc) is 2.28. The number of para-hydroxylation sites is 1. The fourth-order valence-corrected chi connectivity index (χ4v) is 2.07. The van der Waals surface area contributed by atoms with Crippen LogP contribution in [0.1, 0.15) is 26.3 Å². The molecule has 1 aromatic rings. The highest BCUT2D eigenvalue weighted by atomic mass is 32.2. The normalized spacial score (nSPS) is 10.8. The summed E-state index contributed by atoms with van der Waals surface area (Å²) in [5, 5.41) is 11.3. The summed E-state index contributed by atoms with van der Waals surface area (Å²) in [5.74, 6) is 0.590. The number of nitrogens with zero attached hydrogens (tertiary/aromatic N) is 1. The minimum atomic E-state index is -0.0630. The molecule has 1 rings (SSSR count). The van der Waals surface area contributed by atoms with Gasteiger partial charge in [0.15, 0.2) is 0 Å². The number of nitrogens with one attached hydrogen (secondary N) is 1. The number of hydrogen-bond acceptors (Lipinski definition) is 3. The predicted octanol–water partition coefficient (Wildman–Crippen LogP) is 3.18. The quantitative estimate of drug-likeness (QED) is 0.848. The van der Waals surface area contributed by atoms with Gasteiger partial charge in [-0.15, -0.1) is 11.8 Å². The standard InChI is InChI=1S/C14H18N2OS/c1-14(2,3)11-6-4-5-7-12(11)16-13(17)10-18-9-8-15/h4-7H,9-10H2,1-3H3,(H,16,17). The maximum Gasteiger partial charge on any atom is 0.234 e. The Kier molecular flexibility index (Phi) is 5.24. The minimum absolute atomic E-state index is 0.0102. The summed E-state index contributed by atoms with van der Waals surface area (Å²) < 4.78 is 0. The summed E-state index contributed by atoms with van der Waals surface area (Å²) in [4.78, 5) is 11.7. The molecule has 0 fully saturated rings. The van der Waals surface area contributed by atoms with Crippen molar-refractivity contribution < 1.29 is 4.79 Å². The summed E-state index contributed by atoms with van der Waals surface area (Å²) in [5.41, 5.74) is 1.96. The molecular weight excluding hydrogens is 244 g/mol. The Labute approximate surface area is 113 Å². The first kappa shape index (κ1) is 14.6. The van der Waals surface area contributed by atoms with E-state index in [9.17, 15) is 4.79 Å². The van der Waals surface area contributed by atoms with Gasteiger partial charge in [-0.25, -0.2) is 0 Å². The third-order valence-electron chi connectivity index (χ3n) is 2.41. The number of carbonyl (C=O) groups excluding carboxylic acids is 1. The Hall–Kier alpha value is -1.47. The van der Waals surface area contributed by atoms with Crippen LogP contribution in [0.5, 0.6) is 0 Å². The van der Waals surface area contributed by atoms with Crippen molar-refractivity contribution in [2.45, 2.75) is 26.2 Å². The van der Waals surface area contributed by atoms with Gasteiger partial charge in [0.2, 0.25) is 5.91 Å². The molecule has 18 heavy (non-hydrogen) atoms. The Bertz CT molecular complexity index is 458. The lowest BCUT2D eigenvalue weighted by molar-refractivity contribution is -0.113. The molecule has 0 heterocycles. The van der Waals surface area contributed by atoms with Crippen LogP contribution in [0.25, 0.3) is 0 Å². The zero-order chi connectivity index (χ0) is 13.6. The number of rotatable bonds is 4. The molecule has 1 N–H and O–H groups in total. The van der Waals surface area contributed by atoms with Crippen LogP contribution in [0.2, 0.25) is 0 Å². The van der Waals surface area contributed by atoms with Crippen LogP contribution in [0, 0.1) is 11.3 Å². The highest BCUT2D eigenvalue weighted by molar-refractivity contribution is 8.00. The smallest absolute Gasteiger partial charge is 0.234 e. The maximum atomic E-state index is 11.7. The molecule has 3 nitrogen and oxygen atoms in total. The van der Waals surface area contributed by atoms with Gasteiger partial charge in [-0.3, -0.25) is 4.79 Å². The Morgan fingerprint density at radius 3 is 2.67 bits per heavy atom. The fraction of sp³-hybridized carbons (Fsp3) is 0.429. The van der Waals surface area contributed by atoms with Gasteiger partial charge < -0.3 is 5.32 Å². The lowest BCUT2D eigenvalue weighted by Crippen LogP contribution is -2.19. The summed E-state index contributed by atoms with van der Waals surface area (Å²) >= 11 is 1.32. The van der Waals surface area contributed by atoms with Gasteiger partial charge in [-0.1, -0.05) is 39.0 Å². The maximum absolute atomic E-state index is 11.7. The van der Waals surface area contributed by atoms with E-state index in [2.05, 4.69) is 26.1 Å². The van der Waals surface area contributed by atoms with Crippen LogP contribution in [0.4, 0.5) is 5.69 Å². The summed E-state index contributed by atoms with van der Waals surface area (Å²) in [6, 6.07) is 9.82. The second kappa shape index (κ2) is 6.46. The summed E-state index contributed by atoms with van der Waals surface area (Å²) in [6.45, 7) is 6.34. The van der Waals surface area contributed by atoms with Gasteiger partial charge in [0.05, 0.1) is 17.6 Å². The fourth-order valence-electron chi connectivity index (χ4n) is 1.62. The van der Waals surface area contributed by atoms with Crippen molar-refractivity contribution in [1.82, 2.24) is 0 Å². The van der Waals surface area contributed by atoms with Crippen molar-refractivity contribution >= 4 is 23.4 Å². The SMILES string of the molecule is CC(C)(C)c1ccccc1NC(=O)CSCC#N. The van der Waals surface area contributed by atoms with Crippen molar-refractivity contribution in [3.63, 3.8) is 0 Å². The van der Waals surface area contributed by atoms with E-state index in [0.717, 1.165) is 11.3 Å². The molecule has 0 unspecified atom stereocenters. The first-order valence-electron chi connectivity index (χ1n) is 5.79. The highest BCUT2D eigenvalue weighted by Gasteiger charge is 2.18. The van der Waals surface area contributed by atoms with E-state index in [4.69, 9.17) is 5.26 Å². The van der Waals surface area contributed by atoms with Crippen LogP contribution in [-0.2, 0) is 10.2 Å². The summed E-state index contributed by atoms with van der Waals surface area (Å²) in [7, 11) is 0. The number of benzene rings is 1. The molecule has 0 aromatic heterocycles. The number of anilines is 1. The van der Waals surface area contributed by atoms with E-state index in [1.165, 1.54) is 11.8 Å². The lowest BCUT2D eigenvalue weighted by Gasteiger charge is -2.22. The topological polar surface area (TPSA) is 52.9 Å². The van der Waals surface area contributed by atoms with Gasteiger partial charge in [-0.2, -0.15) is 5.26 Å². The van der Waals surface area contributed by atoms with Crippen molar-refractivity contribution in [3.8, 4) is 6.07 Å². The second-order valence-corrected chi connectivity index (χ2v) is 5.98. The Morgan fingerprint density at radius 1 is 1.39 bits per heavy atom. The molecule has 4 heteroatoms. The lowest BCUT2D eigenvalue weighted by atomic mass is 9.86. The Balaban J connectivity index is 2.73. The van der Waals surface area contributed by atoms with E-state index in [0.29, 0.717) is 11.5 Å². The van der Waals surface area contributed by atoms with E-state index in [1.54, 1.807) is 0 Å². The van der Waals surface area contributed by atoms with Crippen LogP contribution in [-0.4, -0.2) is 17.4 Å².